The highest BCUT2D eigenvalue weighted by molar-refractivity contribution is 8.13. The minimum atomic E-state index is 0.00139. The van der Waals surface area contributed by atoms with Gasteiger partial charge in [0.2, 0.25) is 5.91 Å². The van der Waals surface area contributed by atoms with Crippen LogP contribution in [0.15, 0.2) is 71.4 Å². The molecule has 1 amide bonds. The zero-order chi connectivity index (χ0) is 20.5. The van der Waals surface area contributed by atoms with E-state index in [-0.39, 0.29) is 5.91 Å². The molecule has 0 saturated carbocycles. The van der Waals surface area contributed by atoms with Crippen LogP contribution >= 0.6 is 11.8 Å². The second kappa shape index (κ2) is 10.7. The van der Waals surface area contributed by atoms with Gasteiger partial charge in [-0.25, -0.2) is 4.99 Å². The van der Waals surface area contributed by atoms with Crippen molar-refractivity contribution in [1.82, 2.24) is 4.90 Å². The minimum absolute atomic E-state index is 0.00139. The topological polar surface area (TPSA) is 51.1 Å². The Bertz CT molecular complexity index is 863. The Morgan fingerprint density at radius 2 is 1.86 bits per heavy atom. The Balaban J connectivity index is 1.64. The number of rotatable bonds is 7. The SMILES string of the molecule is COc1ccc(CN2CCCC(/N=C(/COc3ccccc3)SC)=CC2=O)cc1. The van der Waals surface area contributed by atoms with E-state index in [1.165, 1.54) is 0 Å². The summed E-state index contributed by atoms with van der Waals surface area (Å²) in [5, 5.41) is 0.858. The Hall–Kier alpha value is -2.73. The Labute approximate surface area is 176 Å². The van der Waals surface area contributed by atoms with Gasteiger partial charge in [0.15, 0.2) is 0 Å². The summed E-state index contributed by atoms with van der Waals surface area (Å²) >= 11 is 1.55. The number of nitrogens with zero attached hydrogens (tertiary/aromatic N) is 2. The van der Waals surface area contributed by atoms with E-state index in [9.17, 15) is 4.79 Å². The number of hydrogen-bond donors (Lipinski definition) is 0. The molecule has 6 heteroatoms. The van der Waals surface area contributed by atoms with Gasteiger partial charge in [-0.05, 0) is 48.9 Å². The van der Waals surface area contributed by atoms with E-state index in [1.807, 2.05) is 65.8 Å². The number of thioether (sulfide) groups is 1. The van der Waals surface area contributed by atoms with E-state index in [4.69, 9.17) is 14.5 Å². The number of para-hydroxylation sites is 1. The van der Waals surface area contributed by atoms with E-state index in [0.717, 1.165) is 47.2 Å². The van der Waals surface area contributed by atoms with Crippen LogP contribution in [0, 0.1) is 0 Å². The van der Waals surface area contributed by atoms with Crippen LogP contribution in [0.1, 0.15) is 18.4 Å². The maximum atomic E-state index is 12.7. The van der Waals surface area contributed by atoms with Gasteiger partial charge in [0.25, 0.3) is 0 Å². The van der Waals surface area contributed by atoms with Crippen molar-refractivity contribution in [2.75, 3.05) is 26.5 Å². The summed E-state index contributed by atoms with van der Waals surface area (Å²) in [4.78, 5) is 19.3. The summed E-state index contributed by atoms with van der Waals surface area (Å²) < 4.78 is 11.0. The van der Waals surface area contributed by atoms with Gasteiger partial charge < -0.3 is 14.4 Å². The lowest BCUT2D eigenvalue weighted by atomic mass is 10.2. The van der Waals surface area contributed by atoms with Crippen molar-refractivity contribution < 1.29 is 14.3 Å². The van der Waals surface area contributed by atoms with Crippen molar-refractivity contribution in [3.8, 4) is 11.5 Å². The van der Waals surface area contributed by atoms with Gasteiger partial charge in [-0.15, -0.1) is 11.8 Å². The molecular weight excluding hydrogens is 384 g/mol. The fraction of sp³-hybridized carbons (Fsp3) is 0.304. The van der Waals surface area contributed by atoms with Gasteiger partial charge in [0.05, 0.1) is 7.11 Å². The second-order valence-electron chi connectivity index (χ2n) is 6.66. The van der Waals surface area contributed by atoms with Crippen molar-refractivity contribution in [2.45, 2.75) is 19.4 Å². The molecule has 0 spiro atoms. The van der Waals surface area contributed by atoms with Crippen molar-refractivity contribution in [3.05, 3.63) is 71.9 Å². The summed E-state index contributed by atoms with van der Waals surface area (Å²) in [6.07, 6.45) is 5.30. The highest BCUT2D eigenvalue weighted by Gasteiger charge is 2.17. The molecule has 3 rings (SSSR count). The van der Waals surface area contributed by atoms with E-state index in [0.29, 0.717) is 13.2 Å². The number of aliphatic imine (C=N–C) groups is 1. The molecule has 2 aromatic carbocycles. The Morgan fingerprint density at radius 1 is 1.10 bits per heavy atom. The standard InChI is InChI=1S/C23H26N2O3S/c1-27-20-12-10-18(11-13-20)16-25-14-6-7-19(15-23(25)26)24-22(29-2)17-28-21-8-4-3-5-9-21/h3-5,8-13,15H,6-7,14,16-17H2,1-2H3/b24-22-. The minimum Gasteiger partial charge on any atom is -0.497 e. The average molecular weight is 411 g/mol. The molecule has 0 aliphatic carbocycles. The number of amides is 1. The summed E-state index contributed by atoms with van der Waals surface area (Å²) in [5.41, 5.74) is 1.90. The maximum Gasteiger partial charge on any atom is 0.248 e. The highest BCUT2D eigenvalue weighted by Crippen LogP contribution is 2.19. The van der Waals surface area contributed by atoms with Crippen LogP contribution < -0.4 is 9.47 Å². The number of methoxy groups -OCH3 is 1. The third kappa shape index (κ3) is 6.39. The Kier molecular flexibility index (Phi) is 7.76. The molecule has 1 aliphatic heterocycles. The Morgan fingerprint density at radius 3 is 2.55 bits per heavy atom. The lowest BCUT2D eigenvalue weighted by Gasteiger charge is -2.19. The highest BCUT2D eigenvalue weighted by atomic mass is 32.2. The third-order valence-electron chi connectivity index (χ3n) is 4.60. The predicted molar refractivity (Wildman–Crippen MR) is 119 cm³/mol. The monoisotopic (exact) mass is 410 g/mol. The van der Waals surface area contributed by atoms with Gasteiger partial charge >= 0.3 is 0 Å². The molecule has 5 nitrogen and oxygen atoms in total. The molecule has 0 atom stereocenters. The smallest absolute Gasteiger partial charge is 0.248 e. The molecule has 0 N–H and O–H groups in total. The first kappa shape index (κ1) is 21.0. The molecule has 0 fully saturated rings. The van der Waals surface area contributed by atoms with E-state index in [2.05, 4.69) is 0 Å². The fourth-order valence-electron chi connectivity index (χ4n) is 3.02. The summed E-state index contributed by atoms with van der Waals surface area (Å²) in [6.45, 7) is 1.70. The summed E-state index contributed by atoms with van der Waals surface area (Å²) in [7, 11) is 1.65. The number of carbonyl (C=O) groups excluding carboxylic acids is 1. The predicted octanol–water partition coefficient (Wildman–Crippen LogP) is 4.54. The molecule has 0 saturated heterocycles. The summed E-state index contributed by atoms with van der Waals surface area (Å²) in [5.74, 6) is 1.63. The van der Waals surface area contributed by atoms with Gasteiger partial charge in [-0.3, -0.25) is 4.79 Å². The number of benzene rings is 2. The normalized spacial score (nSPS) is 15.0. The van der Waals surface area contributed by atoms with Crippen LogP contribution in [0.4, 0.5) is 0 Å². The van der Waals surface area contributed by atoms with Crippen LogP contribution in [0.2, 0.25) is 0 Å². The molecule has 0 aromatic heterocycles. The molecule has 0 radical (unpaired) electrons. The fourth-order valence-corrected chi connectivity index (χ4v) is 3.41. The van der Waals surface area contributed by atoms with E-state index in [1.54, 1.807) is 24.9 Å². The average Bonchev–Trinajstić information content (AvgIpc) is 2.93. The zero-order valence-electron chi connectivity index (χ0n) is 16.8. The number of carbonyl (C=O) groups is 1. The number of hydrogen-bond acceptors (Lipinski definition) is 5. The van der Waals surface area contributed by atoms with Crippen LogP contribution in [0.25, 0.3) is 0 Å². The van der Waals surface area contributed by atoms with Gasteiger partial charge in [0.1, 0.15) is 23.1 Å². The van der Waals surface area contributed by atoms with Gasteiger partial charge in [0, 0.05) is 24.9 Å². The third-order valence-corrected chi connectivity index (χ3v) is 5.29. The van der Waals surface area contributed by atoms with Gasteiger partial charge in [-0.2, -0.15) is 0 Å². The van der Waals surface area contributed by atoms with Crippen LogP contribution in [0.5, 0.6) is 11.5 Å². The first-order valence-corrected chi connectivity index (χ1v) is 10.8. The molecule has 152 valence electrons. The quantitative estimate of drug-likeness (QED) is 0.497. The maximum absolute atomic E-state index is 12.7. The van der Waals surface area contributed by atoms with Gasteiger partial charge in [-0.1, -0.05) is 30.3 Å². The molecular formula is C23H26N2O3S. The van der Waals surface area contributed by atoms with Crippen molar-refractivity contribution in [3.63, 3.8) is 0 Å². The van der Waals surface area contributed by atoms with Crippen molar-refractivity contribution in [2.24, 2.45) is 4.99 Å². The zero-order valence-corrected chi connectivity index (χ0v) is 17.7. The first-order valence-electron chi connectivity index (χ1n) is 9.60. The van der Waals surface area contributed by atoms with Crippen molar-refractivity contribution >= 4 is 22.7 Å². The molecule has 0 bridgehead atoms. The lowest BCUT2D eigenvalue weighted by molar-refractivity contribution is -0.126. The molecule has 0 unspecified atom stereocenters. The van der Waals surface area contributed by atoms with E-state index < -0.39 is 0 Å². The van der Waals surface area contributed by atoms with E-state index >= 15 is 0 Å². The lowest BCUT2D eigenvalue weighted by Crippen LogP contribution is -2.28. The molecule has 1 heterocycles. The molecule has 2 aromatic rings. The molecule has 1 aliphatic rings. The first-order chi connectivity index (χ1) is 14.2. The van der Waals surface area contributed by atoms with Crippen molar-refractivity contribution in [1.29, 1.82) is 0 Å². The van der Waals surface area contributed by atoms with Crippen LogP contribution in [-0.4, -0.2) is 42.4 Å². The summed E-state index contributed by atoms with van der Waals surface area (Å²) in [6, 6.07) is 17.5. The van der Waals surface area contributed by atoms with Crippen LogP contribution in [-0.2, 0) is 11.3 Å². The number of ether oxygens (including phenoxy) is 2. The largest absolute Gasteiger partial charge is 0.497 e. The molecule has 29 heavy (non-hydrogen) atoms. The second-order valence-corrected chi connectivity index (χ2v) is 7.54. The number of allylic oxidation sites excluding steroid dienone is 1. The van der Waals surface area contributed by atoms with Crippen LogP contribution in [0.3, 0.4) is 0 Å².